The lowest BCUT2D eigenvalue weighted by atomic mass is 10.1. The van der Waals surface area contributed by atoms with Crippen LogP contribution in [0.15, 0.2) is 23.4 Å². The van der Waals surface area contributed by atoms with Crippen LogP contribution in [-0.4, -0.2) is 30.5 Å². The third-order valence-electron chi connectivity index (χ3n) is 2.10. The van der Waals surface area contributed by atoms with Gasteiger partial charge in [-0.3, -0.25) is 0 Å². The van der Waals surface area contributed by atoms with Gasteiger partial charge in [0.1, 0.15) is 0 Å². The van der Waals surface area contributed by atoms with E-state index in [0.29, 0.717) is 0 Å². The number of pyridine rings is 1. The maximum absolute atomic E-state index is 5.73. The van der Waals surface area contributed by atoms with Crippen molar-refractivity contribution in [2.45, 2.75) is 30.8 Å². The molecule has 1 unspecified atom stereocenters. The Balaban J connectivity index is 2.33. The molecule has 0 aliphatic carbocycles. The molecule has 0 spiro atoms. The van der Waals surface area contributed by atoms with E-state index in [-0.39, 0.29) is 6.04 Å². The molecular formula is C12H20N2OS. The Hall–Kier alpha value is -0.580. The van der Waals surface area contributed by atoms with Gasteiger partial charge in [-0.1, -0.05) is 6.07 Å². The van der Waals surface area contributed by atoms with Gasteiger partial charge >= 0.3 is 0 Å². The van der Waals surface area contributed by atoms with Crippen LogP contribution >= 0.6 is 11.8 Å². The van der Waals surface area contributed by atoms with Crippen LogP contribution in [0.25, 0.3) is 0 Å². The number of hydrogen-bond donors (Lipinski definition) is 1. The Labute approximate surface area is 102 Å². The van der Waals surface area contributed by atoms with Crippen molar-refractivity contribution in [2.24, 2.45) is 5.73 Å². The standard InChI is InChI=1S/C12H20N2OS/c1-10(13)8-11-4-5-12(14-9-11)16-7-3-6-15-2/h4-5,9-10H,3,6-8,13H2,1-2H3. The molecule has 1 heterocycles. The summed E-state index contributed by atoms with van der Waals surface area (Å²) in [5.74, 6) is 1.05. The molecule has 2 N–H and O–H groups in total. The molecular weight excluding hydrogens is 220 g/mol. The highest BCUT2D eigenvalue weighted by Gasteiger charge is 2.00. The molecule has 0 aliphatic rings. The van der Waals surface area contributed by atoms with E-state index in [0.717, 1.165) is 30.2 Å². The first-order valence-corrected chi connectivity index (χ1v) is 6.53. The maximum atomic E-state index is 5.73. The monoisotopic (exact) mass is 240 g/mol. The summed E-state index contributed by atoms with van der Waals surface area (Å²) < 4.78 is 4.99. The number of aromatic nitrogens is 1. The normalized spacial score (nSPS) is 12.7. The molecule has 3 nitrogen and oxygen atoms in total. The average molecular weight is 240 g/mol. The van der Waals surface area contributed by atoms with Gasteiger partial charge in [-0.25, -0.2) is 4.98 Å². The molecule has 90 valence electrons. The van der Waals surface area contributed by atoms with Gasteiger partial charge in [0, 0.05) is 31.7 Å². The maximum Gasteiger partial charge on any atom is 0.0960 e. The van der Waals surface area contributed by atoms with E-state index in [1.165, 1.54) is 5.56 Å². The van der Waals surface area contributed by atoms with Crippen LogP contribution < -0.4 is 5.73 Å². The van der Waals surface area contributed by atoms with E-state index < -0.39 is 0 Å². The number of ether oxygens (including phenoxy) is 1. The summed E-state index contributed by atoms with van der Waals surface area (Å²) in [5, 5.41) is 1.07. The van der Waals surface area contributed by atoms with E-state index in [1.54, 1.807) is 18.9 Å². The minimum Gasteiger partial charge on any atom is -0.385 e. The number of rotatable bonds is 7. The number of nitrogens with two attached hydrogens (primary N) is 1. The lowest BCUT2D eigenvalue weighted by Crippen LogP contribution is -2.17. The van der Waals surface area contributed by atoms with Gasteiger partial charge in [0.15, 0.2) is 0 Å². The second-order valence-electron chi connectivity index (χ2n) is 3.88. The van der Waals surface area contributed by atoms with E-state index in [9.17, 15) is 0 Å². The predicted molar refractivity (Wildman–Crippen MR) is 68.8 cm³/mol. The summed E-state index contributed by atoms with van der Waals surface area (Å²) in [6, 6.07) is 4.37. The first kappa shape index (κ1) is 13.5. The Morgan fingerprint density at radius 1 is 1.50 bits per heavy atom. The SMILES string of the molecule is COCCCSc1ccc(CC(C)N)cn1. The Morgan fingerprint density at radius 3 is 2.88 bits per heavy atom. The second kappa shape index (κ2) is 7.65. The molecule has 0 bridgehead atoms. The molecule has 1 rings (SSSR count). The molecule has 0 radical (unpaired) electrons. The topological polar surface area (TPSA) is 48.1 Å². The number of methoxy groups -OCH3 is 1. The predicted octanol–water partition coefficient (Wildman–Crippen LogP) is 2.10. The zero-order valence-electron chi connectivity index (χ0n) is 9.98. The second-order valence-corrected chi connectivity index (χ2v) is 5.00. The van der Waals surface area contributed by atoms with E-state index in [2.05, 4.69) is 17.1 Å². The van der Waals surface area contributed by atoms with Crippen LogP contribution in [0.2, 0.25) is 0 Å². The van der Waals surface area contributed by atoms with Crippen LogP contribution in [0.4, 0.5) is 0 Å². The fraction of sp³-hybridized carbons (Fsp3) is 0.583. The van der Waals surface area contributed by atoms with Crippen molar-refractivity contribution < 1.29 is 4.74 Å². The fourth-order valence-electron chi connectivity index (χ4n) is 1.37. The zero-order chi connectivity index (χ0) is 11.8. The molecule has 0 aromatic carbocycles. The highest BCUT2D eigenvalue weighted by Crippen LogP contribution is 2.16. The molecule has 1 atom stereocenters. The molecule has 0 saturated carbocycles. The van der Waals surface area contributed by atoms with Crippen molar-refractivity contribution in [1.29, 1.82) is 0 Å². The van der Waals surface area contributed by atoms with Crippen molar-refractivity contribution in [3.63, 3.8) is 0 Å². The van der Waals surface area contributed by atoms with Crippen molar-refractivity contribution in [1.82, 2.24) is 4.98 Å². The lowest BCUT2D eigenvalue weighted by molar-refractivity contribution is 0.200. The van der Waals surface area contributed by atoms with Gasteiger partial charge in [0.25, 0.3) is 0 Å². The molecule has 0 aliphatic heterocycles. The molecule has 4 heteroatoms. The first-order valence-electron chi connectivity index (χ1n) is 5.54. The fourth-order valence-corrected chi connectivity index (χ4v) is 2.13. The summed E-state index contributed by atoms with van der Waals surface area (Å²) in [4.78, 5) is 4.40. The van der Waals surface area contributed by atoms with Crippen molar-refractivity contribution in [2.75, 3.05) is 19.5 Å². The van der Waals surface area contributed by atoms with Crippen LogP contribution in [0.5, 0.6) is 0 Å². The molecule has 1 aromatic rings. The van der Waals surface area contributed by atoms with Gasteiger partial charge in [-0.2, -0.15) is 0 Å². The van der Waals surface area contributed by atoms with Gasteiger partial charge in [-0.15, -0.1) is 11.8 Å². The summed E-state index contributed by atoms with van der Waals surface area (Å²) in [7, 11) is 1.73. The van der Waals surface area contributed by atoms with Crippen molar-refractivity contribution in [3.05, 3.63) is 23.9 Å². The zero-order valence-corrected chi connectivity index (χ0v) is 10.8. The van der Waals surface area contributed by atoms with Gasteiger partial charge in [-0.05, 0) is 31.4 Å². The average Bonchev–Trinajstić information content (AvgIpc) is 2.26. The van der Waals surface area contributed by atoms with Crippen LogP contribution in [0.3, 0.4) is 0 Å². The minimum atomic E-state index is 0.196. The molecule has 1 aromatic heterocycles. The largest absolute Gasteiger partial charge is 0.385 e. The third kappa shape index (κ3) is 5.49. The summed E-state index contributed by atoms with van der Waals surface area (Å²) in [6.45, 7) is 2.82. The minimum absolute atomic E-state index is 0.196. The summed E-state index contributed by atoms with van der Waals surface area (Å²) >= 11 is 1.77. The lowest BCUT2D eigenvalue weighted by Gasteiger charge is -2.05. The Morgan fingerprint density at radius 2 is 2.31 bits per heavy atom. The smallest absolute Gasteiger partial charge is 0.0960 e. The van der Waals surface area contributed by atoms with Crippen LogP contribution in [-0.2, 0) is 11.2 Å². The molecule has 16 heavy (non-hydrogen) atoms. The third-order valence-corrected chi connectivity index (χ3v) is 3.13. The quantitative estimate of drug-likeness (QED) is 0.586. The van der Waals surface area contributed by atoms with E-state index in [1.807, 2.05) is 13.1 Å². The molecule has 0 amide bonds. The van der Waals surface area contributed by atoms with Gasteiger partial charge in [0.05, 0.1) is 5.03 Å². The van der Waals surface area contributed by atoms with E-state index in [4.69, 9.17) is 10.5 Å². The molecule has 0 fully saturated rings. The Bertz CT molecular complexity index is 288. The van der Waals surface area contributed by atoms with Crippen LogP contribution in [0, 0.1) is 0 Å². The van der Waals surface area contributed by atoms with Crippen molar-refractivity contribution in [3.8, 4) is 0 Å². The van der Waals surface area contributed by atoms with Gasteiger partial charge < -0.3 is 10.5 Å². The summed E-state index contributed by atoms with van der Waals surface area (Å²) in [6.07, 6.45) is 3.87. The number of hydrogen-bond acceptors (Lipinski definition) is 4. The van der Waals surface area contributed by atoms with Crippen molar-refractivity contribution >= 4 is 11.8 Å². The van der Waals surface area contributed by atoms with Crippen LogP contribution in [0.1, 0.15) is 18.9 Å². The number of thioether (sulfide) groups is 1. The molecule has 0 saturated heterocycles. The van der Waals surface area contributed by atoms with E-state index >= 15 is 0 Å². The highest BCUT2D eigenvalue weighted by atomic mass is 32.2. The number of nitrogens with zero attached hydrogens (tertiary/aromatic N) is 1. The Kier molecular flexibility index (Phi) is 6.45. The summed E-state index contributed by atoms with van der Waals surface area (Å²) in [5.41, 5.74) is 6.93. The highest BCUT2D eigenvalue weighted by molar-refractivity contribution is 7.99. The van der Waals surface area contributed by atoms with Gasteiger partial charge in [0.2, 0.25) is 0 Å². The first-order chi connectivity index (χ1) is 7.72.